The fraction of sp³-hybridized carbons (Fsp3) is 0.286. The number of benzene rings is 1. The summed E-state index contributed by atoms with van der Waals surface area (Å²) in [6.45, 7) is 4.30. The zero-order valence-electron chi connectivity index (χ0n) is 16.4. The lowest BCUT2D eigenvalue weighted by Gasteiger charge is -2.40. The molecule has 0 radical (unpaired) electrons. The van der Waals surface area contributed by atoms with Crippen molar-refractivity contribution < 1.29 is 4.79 Å². The van der Waals surface area contributed by atoms with Gasteiger partial charge in [-0.1, -0.05) is 23.2 Å². The van der Waals surface area contributed by atoms with E-state index < -0.39 is 5.54 Å². The minimum absolute atomic E-state index is 0.108. The number of nitrogens with one attached hydrogen (secondary N) is 1. The molecule has 4 rings (SSSR count). The van der Waals surface area contributed by atoms with E-state index in [0.29, 0.717) is 39.5 Å². The van der Waals surface area contributed by atoms with Gasteiger partial charge in [-0.15, -0.1) is 0 Å². The summed E-state index contributed by atoms with van der Waals surface area (Å²) < 4.78 is 1.56. The average Bonchev–Trinajstić information content (AvgIpc) is 2.72. The van der Waals surface area contributed by atoms with Crippen LogP contribution in [0.3, 0.4) is 0 Å². The van der Waals surface area contributed by atoms with Crippen molar-refractivity contribution in [2.24, 2.45) is 0 Å². The highest BCUT2D eigenvalue weighted by Crippen LogP contribution is 2.35. The first-order valence-corrected chi connectivity index (χ1v) is 10.1. The molecule has 0 saturated heterocycles. The second-order valence-corrected chi connectivity index (χ2v) is 8.54. The monoisotopic (exact) mass is 443 g/mol. The van der Waals surface area contributed by atoms with E-state index in [9.17, 15) is 9.59 Å². The van der Waals surface area contributed by atoms with Crippen molar-refractivity contribution in [3.05, 3.63) is 74.6 Å². The zero-order valence-corrected chi connectivity index (χ0v) is 17.9. The molecule has 7 nitrogen and oxygen atoms in total. The Balaban J connectivity index is 1.76. The number of rotatable bonds is 4. The number of ketones is 1. The van der Waals surface area contributed by atoms with Crippen molar-refractivity contribution >= 4 is 29.0 Å². The van der Waals surface area contributed by atoms with E-state index in [2.05, 4.69) is 15.3 Å². The lowest BCUT2D eigenvalue weighted by atomic mass is 9.80. The number of hydrogen-bond acceptors (Lipinski definition) is 6. The fourth-order valence-corrected chi connectivity index (χ4v) is 3.87. The predicted octanol–water partition coefficient (Wildman–Crippen LogP) is 3.70. The van der Waals surface area contributed by atoms with Gasteiger partial charge >= 0.3 is 0 Å². The molecule has 9 heteroatoms. The van der Waals surface area contributed by atoms with Gasteiger partial charge in [0.15, 0.2) is 5.78 Å². The van der Waals surface area contributed by atoms with Gasteiger partial charge in [-0.2, -0.15) is 0 Å². The molecule has 1 N–H and O–H groups in total. The molecule has 1 unspecified atom stereocenters. The first-order chi connectivity index (χ1) is 14.3. The molecular weight excluding hydrogens is 425 g/mol. The highest BCUT2D eigenvalue weighted by atomic mass is 35.5. The van der Waals surface area contributed by atoms with Crippen LogP contribution in [0, 0.1) is 0 Å². The van der Waals surface area contributed by atoms with Crippen molar-refractivity contribution in [3.8, 4) is 11.4 Å². The summed E-state index contributed by atoms with van der Waals surface area (Å²) in [5.41, 5.74) is 0.806. The first kappa shape index (κ1) is 20.7. The molecule has 2 aromatic heterocycles. The van der Waals surface area contributed by atoms with E-state index in [-0.39, 0.29) is 23.7 Å². The van der Waals surface area contributed by atoms with Crippen LogP contribution in [0.5, 0.6) is 0 Å². The number of nitrogens with zero attached hydrogens (tertiary/aromatic N) is 4. The van der Waals surface area contributed by atoms with Crippen molar-refractivity contribution in [1.82, 2.24) is 24.8 Å². The summed E-state index contributed by atoms with van der Waals surface area (Å²) in [6, 6.07) is 7.96. The molecule has 1 aliphatic rings. The number of halogens is 2. The Labute approximate surface area is 183 Å². The highest BCUT2D eigenvalue weighted by Gasteiger charge is 2.39. The molecule has 1 aromatic carbocycles. The SMILES string of the molecule is CC1(C)NCn2c(nc(-c3ccncn3)cc2=O)C1CC(=O)c1ccc(Cl)c(Cl)c1. The smallest absolute Gasteiger partial charge is 0.255 e. The molecule has 1 aliphatic heterocycles. The van der Waals surface area contributed by atoms with Gasteiger partial charge in [0, 0.05) is 35.7 Å². The molecule has 0 aliphatic carbocycles. The first-order valence-electron chi connectivity index (χ1n) is 9.38. The molecule has 0 spiro atoms. The lowest BCUT2D eigenvalue weighted by Crippen LogP contribution is -2.54. The van der Waals surface area contributed by atoms with Crippen molar-refractivity contribution in [2.45, 2.75) is 38.4 Å². The van der Waals surface area contributed by atoms with E-state index in [1.165, 1.54) is 12.4 Å². The predicted molar refractivity (Wildman–Crippen MR) is 115 cm³/mol. The van der Waals surface area contributed by atoms with Crippen LogP contribution >= 0.6 is 23.2 Å². The van der Waals surface area contributed by atoms with Crippen LogP contribution in [0.4, 0.5) is 0 Å². The maximum Gasteiger partial charge on any atom is 0.255 e. The third kappa shape index (κ3) is 3.88. The summed E-state index contributed by atoms with van der Waals surface area (Å²) in [4.78, 5) is 38.7. The van der Waals surface area contributed by atoms with E-state index >= 15 is 0 Å². The van der Waals surface area contributed by atoms with Crippen LogP contribution in [0.1, 0.15) is 42.4 Å². The van der Waals surface area contributed by atoms with Gasteiger partial charge < -0.3 is 0 Å². The molecular formula is C21H19Cl2N5O2. The number of hydrogen-bond donors (Lipinski definition) is 1. The van der Waals surface area contributed by atoms with Gasteiger partial charge in [-0.3, -0.25) is 19.5 Å². The molecule has 1 atom stereocenters. The van der Waals surface area contributed by atoms with Crippen LogP contribution in [0.2, 0.25) is 10.0 Å². The molecule has 154 valence electrons. The molecule has 0 bridgehead atoms. The summed E-state index contributed by atoms with van der Waals surface area (Å²) in [5.74, 6) is 0.0968. The van der Waals surface area contributed by atoms with Gasteiger partial charge in [0.1, 0.15) is 12.2 Å². The summed E-state index contributed by atoms with van der Waals surface area (Å²) in [7, 11) is 0. The Bertz CT molecular complexity index is 1180. The average molecular weight is 444 g/mol. The Morgan fingerprint density at radius 2 is 2.00 bits per heavy atom. The molecule has 0 fully saturated rings. The number of carbonyl (C=O) groups excluding carboxylic acids is 1. The second kappa shape index (κ2) is 7.91. The van der Waals surface area contributed by atoms with Crippen LogP contribution in [0.25, 0.3) is 11.4 Å². The fourth-order valence-electron chi connectivity index (χ4n) is 3.57. The maximum atomic E-state index is 13.0. The van der Waals surface area contributed by atoms with Gasteiger partial charge in [-0.05, 0) is 38.1 Å². The van der Waals surface area contributed by atoms with Crippen molar-refractivity contribution in [1.29, 1.82) is 0 Å². The Morgan fingerprint density at radius 3 is 2.70 bits per heavy atom. The summed E-state index contributed by atoms with van der Waals surface area (Å²) >= 11 is 12.1. The quantitative estimate of drug-likeness (QED) is 0.618. The minimum atomic E-state index is -0.463. The van der Waals surface area contributed by atoms with Gasteiger partial charge in [0.05, 0.1) is 28.1 Å². The second-order valence-electron chi connectivity index (χ2n) is 7.73. The molecule has 3 heterocycles. The molecule has 0 amide bonds. The van der Waals surface area contributed by atoms with E-state index in [0.717, 1.165) is 0 Å². The van der Waals surface area contributed by atoms with Gasteiger partial charge in [-0.25, -0.2) is 15.0 Å². The topological polar surface area (TPSA) is 89.8 Å². The number of Topliss-reactive ketones (excluding diaryl/α,β-unsaturated/α-hetero) is 1. The zero-order chi connectivity index (χ0) is 21.5. The number of aromatic nitrogens is 4. The number of fused-ring (bicyclic) bond motifs is 1. The molecule has 3 aromatic rings. The van der Waals surface area contributed by atoms with Gasteiger partial charge in [0.2, 0.25) is 0 Å². The maximum absolute atomic E-state index is 13.0. The van der Waals surface area contributed by atoms with Crippen LogP contribution < -0.4 is 10.9 Å². The Morgan fingerprint density at radius 1 is 1.20 bits per heavy atom. The summed E-state index contributed by atoms with van der Waals surface area (Å²) in [6.07, 6.45) is 3.15. The van der Waals surface area contributed by atoms with Crippen molar-refractivity contribution in [2.75, 3.05) is 0 Å². The summed E-state index contributed by atoms with van der Waals surface area (Å²) in [5, 5.41) is 4.05. The van der Waals surface area contributed by atoms with E-state index in [1.54, 1.807) is 35.0 Å². The normalized spacial score (nSPS) is 17.4. The number of carbonyl (C=O) groups is 1. The Hall–Kier alpha value is -2.61. The van der Waals surface area contributed by atoms with Crippen LogP contribution in [-0.2, 0) is 6.67 Å². The molecule has 0 saturated carbocycles. The highest BCUT2D eigenvalue weighted by molar-refractivity contribution is 6.42. The van der Waals surface area contributed by atoms with E-state index in [4.69, 9.17) is 28.2 Å². The Kier molecular flexibility index (Phi) is 5.44. The van der Waals surface area contributed by atoms with Crippen LogP contribution in [-0.4, -0.2) is 30.8 Å². The lowest BCUT2D eigenvalue weighted by molar-refractivity contribution is 0.0940. The van der Waals surface area contributed by atoms with Crippen molar-refractivity contribution in [3.63, 3.8) is 0 Å². The molecule has 30 heavy (non-hydrogen) atoms. The van der Waals surface area contributed by atoms with E-state index in [1.807, 2.05) is 13.8 Å². The standard InChI is InChI=1S/C21H19Cl2N5O2/c1-21(2)13(8-18(29)12-3-4-14(22)15(23)7-12)20-27-17(16-5-6-24-10-25-16)9-19(30)28(20)11-26-21/h3-7,9-10,13,26H,8,11H2,1-2H3. The third-order valence-corrected chi connectivity index (χ3v) is 6.13. The largest absolute Gasteiger partial charge is 0.294 e. The van der Waals surface area contributed by atoms with Gasteiger partial charge in [0.25, 0.3) is 5.56 Å². The third-order valence-electron chi connectivity index (χ3n) is 5.39. The van der Waals surface area contributed by atoms with Crippen LogP contribution in [0.15, 0.2) is 47.7 Å². The minimum Gasteiger partial charge on any atom is -0.294 e.